The molecule has 0 radical (unpaired) electrons. The van der Waals surface area contributed by atoms with Crippen molar-refractivity contribution in [2.45, 2.75) is 6.42 Å². The standard InChI is InChI=1S/C21H17FN4O3/c1-25-12-15(14-5-3-4-6-18(14)25)17-7-8-23-21(24-17)10-13-9-19(26(27)28)16(22)11-20(13)29-2/h3-9,11-12H,10H2,1-2H3. The number of nitro groups is 1. The highest BCUT2D eigenvalue weighted by molar-refractivity contribution is 5.95. The van der Waals surface area contributed by atoms with Crippen LogP contribution in [-0.4, -0.2) is 26.6 Å². The number of benzene rings is 2. The molecule has 146 valence electrons. The van der Waals surface area contributed by atoms with Gasteiger partial charge < -0.3 is 9.30 Å². The number of fused-ring (bicyclic) bond motifs is 1. The number of hydrogen-bond acceptors (Lipinski definition) is 5. The van der Waals surface area contributed by atoms with Gasteiger partial charge in [0.2, 0.25) is 5.82 Å². The van der Waals surface area contributed by atoms with Crippen LogP contribution >= 0.6 is 0 Å². The van der Waals surface area contributed by atoms with E-state index >= 15 is 0 Å². The zero-order valence-corrected chi connectivity index (χ0v) is 15.8. The molecule has 0 atom stereocenters. The van der Waals surface area contributed by atoms with Crippen molar-refractivity contribution in [3.63, 3.8) is 0 Å². The number of aryl methyl sites for hydroxylation is 1. The van der Waals surface area contributed by atoms with Gasteiger partial charge in [-0.05, 0) is 12.1 Å². The van der Waals surface area contributed by atoms with Crippen LogP contribution in [0.15, 0.2) is 54.9 Å². The number of rotatable bonds is 5. The van der Waals surface area contributed by atoms with Crippen molar-refractivity contribution >= 4 is 16.6 Å². The zero-order valence-electron chi connectivity index (χ0n) is 15.8. The van der Waals surface area contributed by atoms with E-state index in [1.165, 1.54) is 13.2 Å². The molecule has 2 heterocycles. The number of halogens is 1. The molecule has 0 saturated carbocycles. The lowest BCUT2D eigenvalue weighted by atomic mass is 10.1. The molecule has 0 aliphatic rings. The van der Waals surface area contributed by atoms with Gasteiger partial charge in [0, 0.05) is 60.0 Å². The summed E-state index contributed by atoms with van der Waals surface area (Å²) in [5.41, 5.74) is 2.62. The smallest absolute Gasteiger partial charge is 0.305 e. The first kappa shape index (κ1) is 18.5. The molecule has 0 spiro atoms. The number of aromatic nitrogens is 3. The van der Waals surface area contributed by atoms with Crippen molar-refractivity contribution in [3.8, 4) is 17.0 Å². The molecule has 0 N–H and O–H groups in total. The summed E-state index contributed by atoms with van der Waals surface area (Å²) in [7, 11) is 3.36. The minimum absolute atomic E-state index is 0.170. The third-order valence-electron chi connectivity index (χ3n) is 4.77. The van der Waals surface area contributed by atoms with Crippen LogP contribution in [0.1, 0.15) is 11.4 Å². The summed E-state index contributed by atoms with van der Waals surface area (Å²) in [6, 6.07) is 12.0. The molecule has 4 rings (SSSR count). The van der Waals surface area contributed by atoms with Crippen LogP contribution in [0.25, 0.3) is 22.2 Å². The van der Waals surface area contributed by atoms with Gasteiger partial charge in [-0.1, -0.05) is 18.2 Å². The van der Waals surface area contributed by atoms with Crippen molar-refractivity contribution in [2.75, 3.05) is 7.11 Å². The summed E-state index contributed by atoms with van der Waals surface area (Å²) in [4.78, 5) is 19.2. The van der Waals surface area contributed by atoms with Crippen molar-refractivity contribution in [3.05, 3.63) is 82.2 Å². The quantitative estimate of drug-likeness (QED) is 0.374. The third kappa shape index (κ3) is 3.40. The van der Waals surface area contributed by atoms with Gasteiger partial charge in [0.1, 0.15) is 11.6 Å². The number of nitrogens with zero attached hydrogens (tertiary/aromatic N) is 4. The Hall–Kier alpha value is -3.81. The maximum absolute atomic E-state index is 13.9. The van der Waals surface area contributed by atoms with Gasteiger partial charge >= 0.3 is 5.69 Å². The monoisotopic (exact) mass is 392 g/mol. The first-order valence-electron chi connectivity index (χ1n) is 8.85. The Kier molecular flexibility index (Phi) is 4.67. The first-order chi connectivity index (χ1) is 14.0. The van der Waals surface area contributed by atoms with Gasteiger partial charge in [0.15, 0.2) is 0 Å². The van der Waals surface area contributed by atoms with Crippen molar-refractivity contribution < 1.29 is 14.1 Å². The Balaban J connectivity index is 1.75. The van der Waals surface area contributed by atoms with E-state index in [-0.39, 0.29) is 12.2 Å². The summed E-state index contributed by atoms with van der Waals surface area (Å²) in [6.45, 7) is 0. The van der Waals surface area contributed by atoms with E-state index in [1.807, 2.05) is 48.1 Å². The Morgan fingerprint density at radius 2 is 2.03 bits per heavy atom. The fourth-order valence-corrected chi connectivity index (χ4v) is 3.41. The van der Waals surface area contributed by atoms with Crippen LogP contribution in [0.5, 0.6) is 5.75 Å². The summed E-state index contributed by atoms with van der Waals surface area (Å²) >= 11 is 0. The van der Waals surface area contributed by atoms with Gasteiger partial charge in [0.05, 0.1) is 17.7 Å². The second-order valence-electron chi connectivity index (χ2n) is 6.58. The molecular formula is C21H17FN4O3. The molecule has 7 nitrogen and oxygen atoms in total. The summed E-state index contributed by atoms with van der Waals surface area (Å²) in [5.74, 6) is -0.275. The second-order valence-corrected chi connectivity index (χ2v) is 6.58. The fourth-order valence-electron chi connectivity index (χ4n) is 3.41. The minimum atomic E-state index is -0.943. The maximum Gasteiger partial charge on any atom is 0.305 e. The van der Waals surface area contributed by atoms with Gasteiger partial charge in [-0.2, -0.15) is 4.39 Å². The van der Waals surface area contributed by atoms with E-state index in [2.05, 4.69) is 9.97 Å². The van der Waals surface area contributed by atoms with E-state index < -0.39 is 16.4 Å². The molecule has 0 aliphatic heterocycles. The van der Waals surface area contributed by atoms with E-state index in [9.17, 15) is 14.5 Å². The minimum Gasteiger partial charge on any atom is -0.496 e. The number of methoxy groups -OCH3 is 1. The molecule has 0 amide bonds. The van der Waals surface area contributed by atoms with Crippen LogP contribution in [0.3, 0.4) is 0 Å². The van der Waals surface area contributed by atoms with Crippen LogP contribution < -0.4 is 4.74 Å². The van der Waals surface area contributed by atoms with Crippen molar-refractivity contribution in [1.29, 1.82) is 0 Å². The SMILES string of the molecule is COc1cc(F)c([N+](=O)[O-])cc1Cc1nccc(-c2cn(C)c3ccccc23)n1. The lowest BCUT2D eigenvalue weighted by Crippen LogP contribution is -2.02. The van der Waals surface area contributed by atoms with Gasteiger partial charge in [0.25, 0.3) is 0 Å². The van der Waals surface area contributed by atoms with Crippen LogP contribution in [0, 0.1) is 15.9 Å². The highest BCUT2D eigenvalue weighted by Gasteiger charge is 2.20. The van der Waals surface area contributed by atoms with Gasteiger partial charge in [-0.15, -0.1) is 0 Å². The van der Waals surface area contributed by atoms with E-state index in [4.69, 9.17) is 4.74 Å². The third-order valence-corrected chi connectivity index (χ3v) is 4.77. The maximum atomic E-state index is 13.9. The number of para-hydroxylation sites is 1. The first-order valence-corrected chi connectivity index (χ1v) is 8.85. The van der Waals surface area contributed by atoms with Crippen LogP contribution in [0.2, 0.25) is 0 Å². The second kappa shape index (κ2) is 7.31. The van der Waals surface area contributed by atoms with Crippen LogP contribution in [0.4, 0.5) is 10.1 Å². The Morgan fingerprint density at radius 3 is 2.79 bits per heavy atom. The molecule has 4 aromatic rings. The van der Waals surface area contributed by atoms with E-state index in [0.717, 1.165) is 28.2 Å². The highest BCUT2D eigenvalue weighted by Crippen LogP contribution is 2.31. The molecule has 0 saturated heterocycles. The molecule has 8 heteroatoms. The summed E-state index contributed by atoms with van der Waals surface area (Å²) in [6.07, 6.45) is 3.81. The molecule has 0 aliphatic carbocycles. The molecule has 2 aromatic carbocycles. The Bertz CT molecular complexity index is 1240. The average molecular weight is 392 g/mol. The van der Waals surface area contributed by atoms with Gasteiger partial charge in [-0.25, -0.2) is 9.97 Å². The van der Waals surface area contributed by atoms with Gasteiger partial charge in [-0.3, -0.25) is 10.1 Å². The summed E-state index contributed by atoms with van der Waals surface area (Å²) in [5, 5.41) is 12.1. The topological polar surface area (TPSA) is 83.1 Å². The van der Waals surface area contributed by atoms with Crippen molar-refractivity contribution in [2.24, 2.45) is 7.05 Å². The normalized spacial score (nSPS) is 11.0. The zero-order chi connectivity index (χ0) is 20.5. The molecule has 0 fully saturated rings. The van der Waals surface area contributed by atoms with Crippen LogP contribution in [-0.2, 0) is 13.5 Å². The molecular weight excluding hydrogens is 375 g/mol. The molecule has 2 aromatic heterocycles. The summed E-state index contributed by atoms with van der Waals surface area (Å²) < 4.78 is 21.1. The Labute approximate surface area is 165 Å². The predicted molar refractivity (Wildman–Crippen MR) is 106 cm³/mol. The predicted octanol–water partition coefficient (Wildman–Crippen LogP) is 4.28. The lowest BCUT2D eigenvalue weighted by Gasteiger charge is -2.09. The number of nitro benzene ring substituents is 1. The number of hydrogen-bond donors (Lipinski definition) is 0. The van der Waals surface area contributed by atoms with E-state index in [0.29, 0.717) is 11.4 Å². The highest BCUT2D eigenvalue weighted by atomic mass is 19.1. The number of ether oxygens (including phenoxy) is 1. The average Bonchev–Trinajstić information content (AvgIpc) is 3.06. The van der Waals surface area contributed by atoms with E-state index in [1.54, 1.807) is 6.20 Å². The molecule has 0 unspecified atom stereocenters. The fraction of sp³-hybridized carbons (Fsp3) is 0.143. The van der Waals surface area contributed by atoms with Crippen molar-refractivity contribution in [1.82, 2.24) is 14.5 Å². The lowest BCUT2D eigenvalue weighted by molar-refractivity contribution is -0.387. The Morgan fingerprint density at radius 1 is 1.24 bits per heavy atom. The largest absolute Gasteiger partial charge is 0.496 e. The molecule has 29 heavy (non-hydrogen) atoms. The molecule has 0 bridgehead atoms.